The van der Waals surface area contributed by atoms with Gasteiger partial charge in [-0.05, 0) is 43.0 Å². The number of carbonyl (C=O) groups is 2. The number of rotatable bonds is 8. The van der Waals surface area contributed by atoms with Gasteiger partial charge in [0.15, 0.2) is 0 Å². The Labute approximate surface area is 221 Å². The van der Waals surface area contributed by atoms with Crippen LogP contribution in [-0.2, 0) is 9.59 Å². The Hall–Kier alpha value is -2.56. The molecule has 2 aromatic rings. The van der Waals surface area contributed by atoms with E-state index in [1.54, 1.807) is 19.0 Å². The second-order valence-corrected chi connectivity index (χ2v) is 10.7. The van der Waals surface area contributed by atoms with Crippen molar-refractivity contribution < 1.29 is 14.7 Å². The average Bonchev–Trinajstić information content (AvgIpc) is 3.17. The van der Waals surface area contributed by atoms with Crippen LogP contribution >= 0.6 is 15.9 Å². The number of nitrogens with zero attached hydrogens (tertiary/aromatic N) is 5. The van der Waals surface area contributed by atoms with Gasteiger partial charge in [-0.3, -0.25) is 9.59 Å². The Morgan fingerprint density at radius 3 is 2.53 bits per heavy atom. The maximum Gasteiger partial charge on any atom is 0.236 e. The lowest BCUT2D eigenvalue weighted by Gasteiger charge is -2.38. The number of hydrogen-bond acceptors (Lipinski definition) is 7. The summed E-state index contributed by atoms with van der Waals surface area (Å²) in [6, 6.07) is 7.90. The lowest BCUT2D eigenvalue weighted by molar-refractivity contribution is -0.133. The van der Waals surface area contributed by atoms with Crippen LogP contribution in [0.2, 0.25) is 0 Å². The van der Waals surface area contributed by atoms with Crippen molar-refractivity contribution in [3.63, 3.8) is 0 Å². The Bertz CT molecular complexity index is 1070. The maximum absolute atomic E-state index is 13.7. The maximum atomic E-state index is 13.7. The summed E-state index contributed by atoms with van der Waals surface area (Å²) in [5.41, 5.74) is 2.75. The van der Waals surface area contributed by atoms with Crippen molar-refractivity contribution in [2.24, 2.45) is 0 Å². The van der Waals surface area contributed by atoms with Gasteiger partial charge in [-0.2, -0.15) is 0 Å². The summed E-state index contributed by atoms with van der Waals surface area (Å²) in [7, 11) is 3.46. The van der Waals surface area contributed by atoms with E-state index in [1.807, 2.05) is 29.2 Å². The number of amides is 2. The van der Waals surface area contributed by atoms with Gasteiger partial charge in [0, 0.05) is 50.3 Å². The van der Waals surface area contributed by atoms with E-state index >= 15 is 0 Å². The number of likely N-dealkylation sites (N-methyl/N-ethyl adjacent to an activating group) is 1. The Balaban J connectivity index is 1.42. The van der Waals surface area contributed by atoms with Crippen LogP contribution in [0.4, 0.5) is 5.82 Å². The Morgan fingerprint density at radius 1 is 1.17 bits per heavy atom. The number of aliphatic hydroxyl groups excluding tert-OH is 1. The molecular weight excluding hydrogens is 524 g/mol. The van der Waals surface area contributed by atoms with Crippen LogP contribution in [0.15, 0.2) is 35.1 Å². The zero-order valence-corrected chi connectivity index (χ0v) is 22.7. The topological polar surface area (TPSA) is 102 Å². The number of halogens is 1. The monoisotopic (exact) mass is 558 g/mol. The van der Waals surface area contributed by atoms with E-state index in [9.17, 15) is 14.7 Å². The summed E-state index contributed by atoms with van der Waals surface area (Å²) in [6.07, 6.45) is 2.27. The first kappa shape index (κ1) is 26.5. The Morgan fingerprint density at radius 2 is 1.86 bits per heavy atom. The van der Waals surface area contributed by atoms with Gasteiger partial charge in [0.05, 0.1) is 24.3 Å². The highest BCUT2D eigenvalue weighted by Crippen LogP contribution is 2.42. The van der Waals surface area contributed by atoms with Crippen LogP contribution in [0.5, 0.6) is 0 Å². The molecule has 2 N–H and O–H groups in total. The van der Waals surface area contributed by atoms with Crippen LogP contribution in [-0.4, -0.2) is 90.1 Å². The first-order valence-electron chi connectivity index (χ1n) is 12.5. The second kappa shape index (κ2) is 11.7. The predicted octanol–water partition coefficient (Wildman–Crippen LogP) is 2.28. The standard InChI is InChI=1S/C26H35BrN6O3/c1-17-14-21(34)24-23(17)25(30-16-29-24)32-10-12-33(13-11-32)26(36)20(18-4-6-19(27)7-5-18)8-9-28-15-22(35)31(2)3/h4-7,16-17,20-21,28,34H,8-15H2,1-3H3/t17-,20-,21-/m1/s1. The van der Waals surface area contributed by atoms with E-state index < -0.39 is 6.10 Å². The van der Waals surface area contributed by atoms with E-state index in [4.69, 9.17) is 0 Å². The number of hydrogen-bond donors (Lipinski definition) is 2. The van der Waals surface area contributed by atoms with E-state index in [0.717, 1.165) is 27.1 Å². The van der Waals surface area contributed by atoms with Gasteiger partial charge >= 0.3 is 0 Å². The van der Waals surface area contributed by atoms with Gasteiger partial charge in [0.25, 0.3) is 0 Å². The van der Waals surface area contributed by atoms with Crippen molar-refractivity contribution in [1.29, 1.82) is 0 Å². The highest BCUT2D eigenvalue weighted by Gasteiger charge is 2.35. The van der Waals surface area contributed by atoms with Gasteiger partial charge in [0.1, 0.15) is 12.1 Å². The average molecular weight is 560 g/mol. The fourth-order valence-electron chi connectivity index (χ4n) is 5.04. The van der Waals surface area contributed by atoms with E-state index in [1.165, 1.54) is 6.33 Å². The van der Waals surface area contributed by atoms with Gasteiger partial charge in [0.2, 0.25) is 11.8 Å². The molecule has 1 aromatic carbocycles. The van der Waals surface area contributed by atoms with Crippen molar-refractivity contribution in [2.45, 2.75) is 37.7 Å². The van der Waals surface area contributed by atoms with Crippen molar-refractivity contribution >= 4 is 33.6 Å². The molecule has 3 atom stereocenters. The minimum atomic E-state index is -0.534. The van der Waals surface area contributed by atoms with Gasteiger partial charge in [-0.25, -0.2) is 9.97 Å². The molecule has 0 saturated carbocycles. The molecule has 2 aliphatic rings. The molecule has 1 aliphatic heterocycles. The molecular formula is C26H35BrN6O3. The molecule has 36 heavy (non-hydrogen) atoms. The van der Waals surface area contributed by atoms with Crippen LogP contribution in [0.1, 0.15) is 54.5 Å². The predicted molar refractivity (Wildman–Crippen MR) is 142 cm³/mol. The van der Waals surface area contributed by atoms with Crippen molar-refractivity contribution in [2.75, 3.05) is 58.3 Å². The number of nitrogens with one attached hydrogen (secondary N) is 1. The van der Waals surface area contributed by atoms with Gasteiger partial charge < -0.3 is 25.1 Å². The van der Waals surface area contributed by atoms with E-state index in [0.29, 0.717) is 45.6 Å². The smallest absolute Gasteiger partial charge is 0.236 e. The highest BCUT2D eigenvalue weighted by molar-refractivity contribution is 9.10. The minimum Gasteiger partial charge on any atom is -0.387 e. The van der Waals surface area contributed by atoms with Gasteiger partial charge in [-0.1, -0.05) is 35.0 Å². The van der Waals surface area contributed by atoms with Crippen LogP contribution < -0.4 is 10.2 Å². The van der Waals surface area contributed by atoms with Crippen molar-refractivity contribution in [1.82, 2.24) is 25.1 Å². The number of aliphatic hydroxyl groups is 1. The molecule has 1 saturated heterocycles. The second-order valence-electron chi connectivity index (χ2n) is 9.82. The number of fused-ring (bicyclic) bond motifs is 1. The molecule has 2 amide bonds. The minimum absolute atomic E-state index is 0.00989. The molecule has 10 heteroatoms. The molecule has 4 rings (SSSR count). The zero-order chi connectivity index (χ0) is 25.8. The quantitative estimate of drug-likeness (QED) is 0.479. The van der Waals surface area contributed by atoms with E-state index in [-0.39, 0.29) is 30.2 Å². The first-order chi connectivity index (χ1) is 17.3. The SMILES string of the molecule is C[C@@H]1C[C@@H](O)c2ncnc(N3CCN(C(=O)[C@H](CCNCC(=O)N(C)C)c4ccc(Br)cc4)CC3)c21. The number of aromatic nitrogens is 2. The summed E-state index contributed by atoms with van der Waals surface area (Å²) in [5.74, 6) is 0.921. The molecule has 9 nitrogen and oxygen atoms in total. The summed E-state index contributed by atoms with van der Waals surface area (Å²) >= 11 is 3.48. The third-order valence-electron chi connectivity index (χ3n) is 7.13. The highest BCUT2D eigenvalue weighted by atomic mass is 79.9. The number of anilines is 1. The third-order valence-corrected chi connectivity index (χ3v) is 7.65. The third kappa shape index (κ3) is 5.87. The lowest BCUT2D eigenvalue weighted by Crippen LogP contribution is -2.50. The summed E-state index contributed by atoms with van der Waals surface area (Å²) in [5, 5.41) is 13.5. The molecule has 1 aromatic heterocycles. The van der Waals surface area contributed by atoms with Crippen LogP contribution in [0, 0.1) is 0 Å². The molecule has 0 radical (unpaired) electrons. The summed E-state index contributed by atoms with van der Waals surface area (Å²) in [6.45, 7) is 5.50. The summed E-state index contributed by atoms with van der Waals surface area (Å²) in [4.78, 5) is 40.1. The van der Waals surface area contributed by atoms with Crippen molar-refractivity contribution in [3.8, 4) is 0 Å². The molecule has 1 aliphatic carbocycles. The van der Waals surface area contributed by atoms with Crippen LogP contribution in [0.25, 0.3) is 0 Å². The number of carbonyl (C=O) groups excluding carboxylic acids is 2. The fourth-order valence-corrected chi connectivity index (χ4v) is 5.31. The molecule has 194 valence electrons. The first-order valence-corrected chi connectivity index (χ1v) is 13.3. The van der Waals surface area contributed by atoms with Crippen molar-refractivity contribution in [3.05, 3.63) is 51.9 Å². The molecule has 0 bridgehead atoms. The normalized spacial score (nSPS) is 20.2. The zero-order valence-electron chi connectivity index (χ0n) is 21.2. The molecule has 0 spiro atoms. The molecule has 1 fully saturated rings. The molecule has 2 heterocycles. The van der Waals surface area contributed by atoms with E-state index in [2.05, 4.69) is 43.0 Å². The Kier molecular flexibility index (Phi) is 8.58. The molecule has 0 unspecified atom stereocenters. The number of benzene rings is 1. The van der Waals surface area contributed by atoms with Gasteiger partial charge in [-0.15, -0.1) is 0 Å². The lowest BCUT2D eigenvalue weighted by atomic mass is 9.93. The summed E-state index contributed by atoms with van der Waals surface area (Å²) < 4.78 is 0.970. The fraction of sp³-hybridized carbons (Fsp3) is 0.538. The van der Waals surface area contributed by atoms with Crippen LogP contribution in [0.3, 0.4) is 0 Å². The number of piperazine rings is 1. The largest absolute Gasteiger partial charge is 0.387 e.